The first-order valence-electron chi connectivity index (χ1n) is 8.12. The Labute approximate surface area is 158 Å². The Balaban J connectivity index is 1.93. The first-order valence-corrected chi connectivity index (χ1v) is 9.00. The number of aryl methyl sites for hydroxylation is 1. The molecule has 27 heavy (non-hydrogen) atoms. The normalized spacial score (nSPS) is 15.9. The molecule has 0 fully saturated rings. The molecule has 9 heteroatoms. The maximum absolute atomic E-state index is 13.4. The number of methoxy groups -OCH3 is 1. The van der Waals surface area contributed by atoms with Crippen LogP contribution in [0.25, 0.3) is 0 Å². The van der Waals surface area contributed by atoms with E-state index >= 15 is 0 Å². The van der Waals surface area contributed by atoms with E-state index in [4.69, 9.17) is 4.74 Å². The number of carbonyl (C=O) groups is 2. The Kier molecular flexibility index (Phi) is 4.28. The van der Waals surface area contributed by atoms with Gasteiger partial charge in [-0.1, -0.05) is 41.0 Å². The minimum Gasteiger partial charge on any atom is -0.464 e. The van der Waals surface area contributed by atoms with E-state index in [2.05, 4.69) is 20.8 Å². The smallest absolute Gasteiger partial charge is 0.355 e. The lowest BCUT2D eigenvalue weighted by Gasteiger charge is -2.27. The van der Waals surface area contributed by atoms with Crippen LogP contribution in [0, 0.1) is 6.92 Å². The van der Waals surface area contributed by atoms with Gasteiger partial charge in [-0.25, -0.2) is 4.79 Å². The molecule has 1 aromatic carbocycles. The maximum atomic E-state index is 13.4. The Hall–Kier alpha value is -3.33. The highest BCUT2D eigenvalue weighted by Gasteiger charge is 2.38. The van der Waals surface area contributed by atoms with Crippen molar-refractivity contribution in [2.45, 2.75) is 13.0 Å². The van der Waals surface area contributed by atoms with Crippen LogP contribution >= 0.6 is 11.3 Å². The van der Waals surface area contributed by atoms with Crippen molar-refractivity contribution >= 4 is 29.0 Å². The highest BCUT2D eigenvalue weighted by atomic mass is 32.1. The molecule has 0 radical (unpaired) electrons. The number of carbonyl (C=O) groups excluding carboxylic acids is 2. The van der Waals surface area contributed by atoms with E-state index in [1.165, 1.54) is 23.1 Å². The largest absolute Gasteiger partial charge is 0.464 e. The third-order valence-corrected chi connectivity index (χ3v) is 5.20. The van der Waals surface area contributed by atoms with Gasteiger partial charge >= 0.3 is 5.97 Å². The Morgan fingerprint density at radius 2 is 2.00 bits per heavy atom. The summed E-state index contributed by atoms with van der Waals surface area (Å²) in [5.74, 6) is -0.669. The molecular weight excluding hydrogens is 366 g/mol. The van der Waals surface area contributed by atoms with Crippen molar-refractivity contribution in [2.75, 3.05) is 12.4 Å². The molecule has 0 aliphatic carbocycles. The molecule has 3 heterocycles. The Morgan fingerprint density at radius 3 is 2.67 bits per heavy atom. The van der Waals surface area contributed by atoms with Crippen molar-refractivity contribution < 1.29 is 14.3 Å². The van der Waals surface area contributed by atoms with Crippen LogP contribution in [0.5, 0.6) is 0 Å². The molecule has 0 bridgehead atoms. The molecule has 0 spiro atoms. The van der Waals surface area contributed by atoms with E-state index in [9.17, 15) is 9.59 Å². The second-order valence-corrected chi connectivity index (χ2v) is 6.94. The van der Waals surface area contributed by atoms with Gasteiger partial charge in [0, 0.05) is 10.4 Å². The number of nitrogens with zero attached hydrogens (tertiary/aromatic N) is 4. The van der Waals surface area contributed by atoms with E-state index in [1.807, 2.05) is 36.6 Å². The van der Waals surface area contributed by atoms with Crippen molar-refractivity contribution in [3.05, 3.63) is 69.1 Å². The van der Waals surface area contributed by atoms with Crippen molar-refractivity contribution in [1.29, 1.82) is 0 Å². The van der Waals surface area contributed by atoms with Crippen LogP contribution in [0.4, 0.5) is 5.95 Å². The third kappa shape index (κ3) is 2.91. The molecule has 136 valence electrons. The number of allylic oxidation sites excluding steroid dienone is 1. The predicted molar refractivity (Wildman–Crippen MR) is 98.4 cm³/mol. The molecule has 0 unspecified atom stereocenters. The molecule has 2 aromatic heterocycles. The fraction of sp³-hybridized carbons (Fsp3) is 0.167. The van der Waals surface area contributed by atoms with Crippen molar-refractivity contribution in [3.63, 3.8) is 0 Å². The van der Waals surface area contributed by atoms with Gasteiger partial charge in [0.15, 0.2) is 5.78 Å². The SMILES string of the molecule is COC(=O)C1=C(C(=O)c2ccc(C)cc2)[C@@H](c2cccs2)n2nnnc2N1. The zero-order valence-electron chi connectivity index (χ0n) is 14.5. The fourth-order valence-corrected chi connectivity index (χ4v) is 3.78. The van der Waals surface area contributed by atoms with Gasteiger partial charge in [0.05, 0.1) is 12.7 Å². The van der Waals surface area contributed by atoms with E-state index in [0.717, 1.165) is 10.4 Å². The highest BCUT2D eigenvalue weighted by molar-refractivity contribution is 7.10. The fourth-order valence-electron chi connectivity index (χ4n) is 2.96. The molecule has 1 N–H and O–H groups in total. The minimum atomic E-state index is -0.652. The lowest BCUT2D eigenvalue weighted by atomic mass is 9.92. The quantitative estimate of drug-likeness (QED) is 0.547. The second kappa shape index (κ2) is 6.76. The summed E-state index contributed by atoms with van der Waals surface area (Å²) >= 11 is 1.45. The summed E-state index contributed by atoms with van der Waals surface area (Å²) in [5.41, 5.74) is 1.79. The van der Waals surface area contributed by atoms with Gasteiger partial charge in [0.1, 0.15) is 11.7 Å². The van der Waals surface area contributed by atoms with Crippen LogP contribution in [-0.4, -0.2) is 39.1 Å². The summed E-state index contributed by atoms with van der Waals surface area (Å²) < 4.78 is 6.40. The number of thiophene rings is 1. The van der Waals surface area contributed by atoms with Crippen molar-refractivity contribution in [1.82, 2.24) is 20.2 Å². The molecule has 8 nitrogen and oxygen atoms in total. The van der Waals surface area contributed by atoms with Crippen LogP contribution in [0.3, 0.4) is 0 Å². The third-order valence-electron chi connectivity index (χ3n) is 4.28. The lowest BCUT2D eigenvalue weighted by molar-refractivity contribution is -0.136. The monoisotopic (exact) mass is 381 g/mol. The van der Waals surface area contributed by atoms with Crippen LogP contribution in [-0.2, 0) is 9.53 Å². The van der Waals surface area contributed by atoms with Gasteiger partial charge in [-0.2, -0.15) is 4.68 Å². The average Bonchev–Trinajstić information content (AvgIpc) is 3.37. The van der Waals surface area contributed by atoms with Crippen LogP contribution in [0.1, 0.15) is 26.8 Å². The minimum absolute atomic E-state index is 0.0452. The van der Waals surface area contributed by atoms with Crippen LogP contribution in [0.2, 0.25) is 0 Å². The zero-order valence-corrected chi connectivity index (χ0v) is 15.4. The van der Waals surface area contributed by atoms with Gasteiger partial charge in [-0.15, -0.1) is 11.3 Å². The lowest BCUT2D eigenvalue weighted by Crippen LogP contribution is -2.32. The van der Waals surface area contributed by atoms with Crippen molar-refractivity contribution in [2.24, 2.45) is 0 Å². The zero-order chi connectivity index (χ0) is 19.0. The number of rotatable bonds is 4. The number of benzene rings is 1. The average molecular weight is 381 g/mol. The standard InChI is InChI=1S/C18H15N5O3S/c1-10-5-7-11(8-6-10)16(24)13-14(17(25)26-2)19-18-20-21-22-23(18)15(13)12-4-3-9-27-12/h3-9,15H,1-2H3,(H,19,20,22)/t15-/m1/s1. The van der Waals surface area contributed by atoms with Gasteiger partial charge in [-0.05, 0) is 28.8 Å². The van der Waals surface area contributed by atoms with Gasteiger partial charge in [-0.3, -0.25) is 4.79 Å². The number of fused-ring (bicyclic) bond motifs is 1. The molecular formula is C18H15N5O3S. The maximum Gasteiger partial charge on any atom is 0.355 e. The van der Waals surface area contributed by atoms with E-state index < -0.39 is 12.0 Å². The Bertz CT molecular complexity index is 1040. The van der Waals surface area contributed by atoms with E-state index in [0.29, 0.717) is 5.56 Å². The number of ketones is 1. The Morgan fingerprint density at radius 1 is 1.22 bits per heavy atom. The summed E-state index contributed by atoms with van der Waals surface area (Å²) in [7, 11) is 1.27. The number of hydrogen-bond acceptors (Lipinski definition) is 8. The number of ether oxygens (including phenoxy) is 1. The number of hydrogen-bond donors (Lipinski definition) is 1. The van der Waals surface area contributed by atoms with Gasteiger partial charge in [0.25, 0.3) is 0 Å². The first kappa shape index (κ1) is 17.1. The summed E-state index contributed by atoms with van der Waals surface area (Å²) in [4.78, 5) is 26.7. The number of Topliss-reactive ketones (excluding diaryl/α,β-unsaturated/α-hetero) is 1. The van der Waals surface area contributed by atoms with Crippen LogP contribution in [0.15, 0.2) is 53.0 Å². The molecule has 0 amide bonds. The first-order chi connectivity index (χ1) is 13.1. The van der Waals surface area contributed by atoms with E-state index in [1.54, 1.807) is 12.1 Å². The molecule has 0 saturated heterocycles. The molecule has 1 atom stereocenters. The van der Waals surface area contributed by atoms with Gasteiger partial charge in [0.2, 0.25) is 5.95 Å². The van der Waals surface area contributed by atoms with E-state index in [-0.39, 0.29) is 23.0 Å². The topological polar surface area (TPSA) is 99.0 Å². The number of anilines is 1. The summed E-state index contributed by atoms with van der Waals surface area (Å²) in [6.07, 6.45) is 0. The van der Waals surface area contributed by atoms with Gasteiger partial charge < -0.3 is 10.1 Å². The van der Waals surface area contributed by atoms with Crippen molar-refractivity contribution in [3.8, 4) is 0 Å². The number of aromatic nitrogens is 4. The summed E-state index contributed by atoms with van der Waals surface area (Å²) in [6.45, 7) is 1.94. The molecule has 1 aliphatic heterocycles. The number of tetrazole rings is 1. The predicted octanol–water partition coefficient (Wildman–Crippen LogP) is 2.37. The second-order valence-electron chi connectivity index (χ2n) is 5.97. The number of esters is 1. The highest BCUT2D eigenvalue weighted by Crippen LogP contribution is 2.38. The molecule has 4 rings (SSSR count). The number of nitrogens with one attached hydrogen (secondary N) is 1. The summed E-state index contributed by atoms with van der Waals surface area (Å²) in [5, 5.41) is 16.3. The van der Waals surface area contributed by atoms with Crippen LogP contribution < -0.4 is 5.32 Å². The molecule has 0 saturated carbocycles. The molecule has 3 aromatic rings. The molecule has 1 aliphatic rings. The summed E-state index contributed by atoms with van der Waals surface area (Å²) in [6, 6.07) is 10.3.